The number of nitrogens with zero attached hydrogens (tertiary/aromatic N) is 1. The summed E-state index contributed by atoms with van der Waals surface area (Å²) in [5, 5.41) is 15.1. The first-order valence-electron chi connectivity index (χ1n) is 10.5. The van der Waals surface area contributed by atoms with E-state index in [0.717, 1.165) is 24.6 Å². The van der Waals surface area contributed by atoms with Crippen LogP contribution in [0.2, 0.25) is 0 Å². The highest BCUT2D eigenvalue weighted by Gasteiger charge is 2.38. The first-order chi connectivity index (χ1) is 16.0. The van der Waals surface area contributed by atoms with Crippen molar-refractivity contribution in [2.24, 2.45) is 0 Å². The molecule has 2 aliphatic heterocycles. The molecule has 2 aliphatic rings. The second-order valence-corrected chi connectivity index (χ2v) is 7.64. The molecule has 0 aromatic carbocycles. The standard InChI is InChI=1S/C18H26N4O5.C2HF3O2/c1-12-2-4-15(27-12)14(22-6-8-26-9-7-22)11-20-18(25)17(24)19-10-13-3-5-16(23)21-13;3-2(4,5)1(6)7/h2,4,13-14H,3,5-11H2,1H3,(H,19,24)(H,20,25)(H,21,23);(H,6,7)/t13-,14?;/m0./s1. The molecule has 3 rings (SSSR count). The molecule has 190 valence electrons. The van der Waals surface area contributed by atoms with Crippen LogP contribution in [0.1, 0.15) is 30.4 Å². The van der Waals surface area contributed by atoms with E-state index in [2.05, 4.69) is 20.9 Å². The number of ether oxygens (including phenoxy) is 1. The zero-order valence-corrected chi connectivity index (χ0v) is 18.4. The number of aliphatic carboxylic acids is 1. The van der Waals surface area contributed by atoms with Gasteiger partial charge in [-0.2, -0.15) is 13.2 Å². The molecule has 0 radical (unpaired) electrons. The molecule has 0 bridgehead atoms. The monoisotopic (exact) mass is 492 g/mol. The third-order valence-electron chi connectivity index (χ3n) is 5.07. The van der Waals surface area contributed by atoms with E-state index in [-0.39, 0.29) is 31.1 Å². The summed E-state index contributed by atoms with van der Waals surface area (Å²) in [5.74, 6) is -2.63. The van der Waals surface area contributed by atoms with Crippen LogP contribution in [0.15, 0.2) is 16.5 Å². The summed E-state index contributed by atoms with van der Waals surface area (Å²) in [5.41, 5.74) is 0. The average molecular weight is 492 g/mol. The summed E-state index contributed by atoms with van der Waals surface area (Å²) >= 11 is 0. The summed E-state index contributed by atoms with van der Waals surface area (Å²) in [6.07, 6.45) is -3.96. The molecule has 4 N–H and O–H groups in total. The number of morpholine rings is 1. The minimum absolute atomic E-state index is 0.0270. The first kappa shape index (κ1) is 27.1. The molecule has 0 aliphatic carbocycles. The number of hydrogen-bond acceptors (Lipinski definition) is 7. The van der Waals surface area contributed by atoms with Gasteiger partial charge < -0.3 is 30.2 Å². The van der Waals surface area contributed by atoms with Crippen molar-refractivity contribution in [1.29, 1.82) is 0 Å². The van der Waals surface area contributed by atoms with Gasteiger partial charge in [-0.15, -0.1) is 0 Å². The number of halogens is 3. The normalized spacial score (nSPS) is 19.4. The Morgan fingerprint density at radius 3 is 2.32 bits per heavy atom. The van der Waals surface area contributed by atoms with Gasteiger partial charge in [-0.1, -0.05) is 0 Å². The minimum atomic E-state index is -5.08. The quantitative estimate of drug-likeness (QED) is 0.409. The van der Waals surface area contributed by atoms with E-state index in [0.29, 0.717) is 26.1 Å². The smallest absolute Gasteiger partial charge is 0.475 e. The number of carbonyl (C=O) groups is 4. The average Bonchev–Trinajstić information content (AvgIpc) is 3.40. The summed E-state index contributed by atoms with van der Waals surface area (Å²) < 4.78 is 42.9. The van der Waals surface area contributed by atoms with Gasteiger partial charge in [0.2, 0.25) is 5.91 Å². The van der Waals surface area contributed by atoms with E-state index in [1.54, 1.807) is 0 Å². The molecule has 3 amide bonds. The molecule has 2 fully saturated rings. The van der Waals surface area contributed by atoms with Crippen molar-refractivity contribution in [3.8, 4) is 0 Å². The Morgan fingerprint density at radius 1 is 1.21 bits per heavy atom. The molecule has 2 saturated heterocycles. The second-order valence-electron chi connectivity index (χ2n) is 7.64. The van der Waals surface area contributed by atoms with Gasteiger partial charge in [-0.3, -0.25) is 19.3 Å². The van der Waals surface area contributed by atoms with Crippen LogP contribution in [-0.4, -0.2) is 85.3 Å². The highest BCUT2D eigenvalue weighted by molar-refractivity contribution is 6.35. The SMILES string of the molecule is Cc1ccc(C(CNC(=O)C(=O)NC[C@@H]2CCC(=O)N2)N2CCOCC2)o1.O=C(O)C(F)(F)F. The molecule has 2 atom stereocenters. The number of alkyl halides is 3. The van der Waals surface area contributed by atoms with E-state index >= 15 is 0 Å². The lowest BCUT2D eigenvalue weighted by molar-refractivity contribution is -0.192. The predicted octanol–water partition coefficient (Wildman–Crippen LogP) is 0.106. The lowest BCUT2D eigenvalue weighted by Gasteiger charge is -2.33. The molecule has 0 saturated carbocycles. The van der Waals surface area contributed by atoms with Gasteiger partial charge in [0, 0.05) is 38.6 Å². The molecule has 14 heteroatoms. The maximum Gasteiger partial charge on any atom is 0.490 e. The fourth-order valence-corrected chi connectivity index (χ4v) is 3.33. The van der Waals surface area contributed by atoms with E-state index in [1.807, 2.05) is 19.1 Å². The predicted molar refractivity (Wildman–Crippen MR) is 109 cm³/mol. The van der Waals surface area contributed by atoms with Crippen LogP contribution in [0.5, 0.6) is 0 Å². The molecule has 3 heterocycles. The molecule has 1 aromatic heterocycles. The Kier molecular flexibility index (Phi) is 9.86. The lowest BCUT2D eigenvalue weighted by Crippen LogP contribution is -2.48. The maximum atomic E-state index is 12.2. The summed E-state index contributed by atoms with van der Waals surface area (Å²) in [4.78, 5) is 46.4. The third-order valence-corrected chi connectivity index (χ3v) is 5.07. The largest absolute Gasteiger partial charge is 0.490 e. The first-order valence-corrected chi connectivity index (χ1v) is 10.5. The lowest BCUT2D eigenvalue weighted by atomic mass is 10.1. The highest BCUT2D eigenvalue weighted by Crippen LogP contribution is 2.23. The number of carbonyl (C=O) groups excluding carboxylic acids is 3. The number of aryl methyl sites for hydroxylation is 1. The van der Waals surface area contributed by atoms with Crippen LogP contribution in [0.25, 0.3) is 0 Å². The van der Waals surface area contributed by atoms with Crippen molar-refractivity contribution in [3.05, 3.63) is 23.7 Å². The van der Waals surface area contributed by atoms with Crippen molar-refractivity contribution in [2.75, 3.05) is 39.4 Å². The molecule has 0 spiro atoms. The van der Waals surface area contributed by atoms with Gasteiger partial charge in [0.15, 0.2) is 0 Å². The summed E-state index contributed by atoms with van der Waals surface area (Å²) in [6.45, 7) is 5.09. The zero-order chi connectivity index (χ0) is 25.3. The van der Waals surface area contributed by atoms with Crippen LogP contribution in [0.3, 0.4) is 0 Å². The van der Waals surface area contributed by atoms with E-state index < -0.39 is 24.0 Å². The number of carboxylic acids is 1. The topological polar surface area (TPSA) is 150 Å². The van der Waals surface area contributed by atoms with Crippen molar-refractivity contribution < 1.29 is 46.6 Å². The Labute approximate surface area is 193 Å². The number of amides is 3. The third kappa shape index (κ3) is 8.67. The molecule has 34 heavy (non-hydrogen) atoms. The maximum absolute atomic E-state index is 12.2. The van der Waals surface area contributed by atoms with Gasteiger partial charge in [0.25, 0.3) is 0 Å². The molecule has 1 unspecified atom stereocenters. The van der Waals surface area contributed by atoms with Crippen LogP contribution >= 0.6 is 0 Å². The Balaban J connectivity index is 0.000000509. The van der Waals surface area contributed by atoms with Crippen molar-refractivity contribution in [3.63, 3.8) is 0 Å². The van der Waals surface area contributed by atoms with Crippen molar-refractivity contribution in [1.82, 2.24) is 20.9 Å². The van der Waals surface area contributed by atoms with Gasteiger partial charge in [-0.05, 0) is 25.5 Å². The zero-order valence-electron chi connectivity index (χ0n) is 18.4. The number of hydrogen-bond donors (Lipinski definition) is 4. The van der Waals surface area contributed by atoms with Gasteiger partial charge in [-0.25, -0.2) is 4.79 Å². The van der Waals surface area contributed by atoms with Crippen LogP contribution in [0.4, 0.5) is 13.2 Å². The second kappa shape index (κ2) is 12.4. The van der Waals surface area contributed by atoms with Crippen molar-refractivity contribution in [2.45, 2.75) is 38.0 Å². The van der Waals surface area contributed by atoms with Crippen molar-refractivity contribution >= 4 is 23.7 Å². The number of furan rings is 1. The van der Waals surface area contributed by atoms with Gasteiger partial charge in [0.1, 0.15) is 11.5 Å². The molecule has 1 aromatic rings. The Morgan fingerprint density at radius 2 is 1.82 bits per heavy atom. The number of nitrogens with one attached hydrogen (secondary N) is 3. The molecule has 11 nitrogen and oxygen atoms in total. The minimum Gasteiger partial charge on any atom is -0.475 e. The van der Waals surface area contributed by atoms with Gasteiger partial charge in [0.05, 0.1) is 19.3 Å². The Hall–Kier alpha value is -3.13. The fourth-order valence-electron chi connectivity index (χ4n) is 3.33. The van der Waals surface area contributed by atoms with E-state index in [1.165, 1.54) is 0 Å². The van der Waals surface area contributed by atoms with E-state index in [9.17, 15) is 27.6 Å². The summed E-state index contributed by atoms with van der Waals surface area (Å²) in [7, 11) is 0. The number of carboxylic acid groups (broad SMARTS) is 1. The van der Waals surface area contributed by atoms with Gasteiger partial charge >= 0.3 is 24.0 Å². The van der Waals surface area contributed by atoms with Crippen LogP contribution in [-0.2, 0) is 23.9 Å². The number of rotatable bonds is 6. The summed E-state index contributed by atoms with van der Waals surface area (Å²) in [6, 6.07) is 3.51. The van der Waals surface area contributed by atoms with E-state index in [4.69, 9.17) is 19.1 Å². The van der Waals surface area contributed by atoms with Crippen LogP contribution in [0, 0.1) is 6.92 Å². The van der Waals surface area contributed by atoms with Crippen LogP contribution < -0.4 is 16.0 Å². The molecular weight excluding hydrogens is 465 g/mol. The Bertz CT molecular complexity index is 869. The molecular formula is C20H27F3N4O7. The fraction of sp³-hybridized carbons (Fsp3) is 0.600. The highest BCUT2D eigenvalue weighted by atomic mass is 19.4.